The van der Waals surface area contributed by atoms with E-state index in [1.807, 2.05) is 0 Å². The third-order valence-corrected chi connectivity index (χ3v) is 4.02. The summed E-state index contributed by atoms with van der Waals surface area (Å²) in [7, 11) is 4.22. The third kappa shape index (κ3) is 5.86. The van der Waals surface area contributed by atoms with Gasteiger partial charge in [-0.15, -0.1) is 24.8 Å². The molecule has 1 atom stereocenters. The first-order chi connectivity index (χ1) is 8.18. The molecule has 0 bridgehead atoms. The van der Waals surface area contributed by atoms with Crippen molar-refractivity contribution >= 4 is 30.7 Å². The van der Waals surface area contributed by atoms with E-state index in [2.05, 4.69) is 29.6 Å². The van der Waals surface area contributed by atoms with Crippen LogP contribution in [0.5, 0.6) is 0 Å². The summed E-state index contributed by atoms with van der Waals surface area (Å²) in [6, 6.07) is 0.528. The van der Waals surface area contributed by atoms with Gasteiger partial charge < -0.3 is 15.5 Å². The van der Waals surface area contributed by atoms with E-state index in [9.17, 15) is 4.79 Å². The Labute approximate surface area is 128 Å². The Bertz CT molecular complexity index is 265. The second-order valence-electron chi connectivity index (χ2n) is 5.64. The van der Waals surface area contributed by atoms with Gasteiger partial charge in [-0.25, -0.2) is 0 Å². The molecule has 1 aliphatic heterocycles. The molecule has 19 heavy (non-hydrogen) atoms. The number of nitrogens with one attached hydrogen (secondary N) is 2. The van der Waals surface area contributed by atoms with Gasteiger partial charge in [-0.3, -0.25) is 4.79 Å². The van der Waals surface area contributed by atoms with Gasteiger partial charge in [-0.05, 0) is 58.8 Å². The van der Waals surface area contributed by atoms with E-state index in [4.69, 9.17) is 0 Å². The minimum atomic E-state index is 0. The third-order valence-electron chi connectivity index (χ3n) is 4.02. The Morgan fingerprint density at radius 2 is 1.79 bits per heavy atom. The van der Waals surface area contributed by atoms with Crippen LogP contribution in [0.2, 0.25) is 0 Å². The van der Waals surface area contributed by atoms with Crippen LogP contribution >= 0.6 is 24.8 Å². The van der Waals surface area contributed by atoms with Crippen LogP contribution in [0.15, 0.2) is 0 Å². The lowest BCUT2D eigenvalue weighted by Crippen LogP contribution is -2.45. The molecular weight excluding hydrogens is 285 g/mol. The average Bonchev–Trinajstić information content (AvgIpc) is 3.14. The monoisotopic (exact) mass is 311 g/mol. The number of amides is 1. The Morgan fingerprint density at radius 1 is 1.21 bits per heavy atom. The maximum atomic E-state index is 12.0. The number of nitrogens with zero attached hydrogens (tertiary/aromatic N) is 1. The van der Waals surface area contributed by atoms with Crippen molar-refractivity contribution in [2.24, 2.45) is 11.8 Å². The smallest absolute Gasteiger partial charge is 0.223 e. The molecule has 2 aliphatic rings. The standard InChI is InChI=1S/C13H25N3O.2ClH/c1-16(2)12(10-3-4-10)9-15-13(17)11-5-7-14-8-6-11;;/h10-12,14H,3-9H2,1-2H3,(H,15,17);2*1H. The molecule has 1 unspecified atom stereocenters. The maximum Gasteiger partial charge on any atom is 0.223 e. The fraction of sp³-hybridized carbons (Fsp3) is 0.923. The van der Waals surface area contributed by atoms with E-state index >= 15 is 0 Å². The first-order valence-electron chi connectivity index (χ1n) is 6.83. The van der Waals surface area contributed by atoms with Crippen molar-refractivity contribution < 1.29 is 4.79 Å². The fourth-order valence-corrected chi connectivity index (χ4v) is 2.69. The molecular formula is C13H27Cl2N3O. The predicted molar refractivity (Wildman–Crippen MR) is 83.3 cm³/mol. The van der Waals surface area contributed by atoms with E-state index in [0.29, 0.717) is 6.04 Å². The highest BCUT2D eigenvalue weighted by Crippen LogP contribution is 2.34. The summed E-state index contributed by atoms with van der Waals surface area (Å²) in [4.78, 5) is 14.3. The van der Waals surface area contributed by atoms with Crippen molar-refractivity contribution in [2.75, 3.05) is 33.7 Å². The summed E-state index contributed by atoms with van der Waals surface area (Å²) in [6.45, 7) is 2.79. The lowest BCUT2D eigenvalue weighted by Gasteiger charge is -2.27. The maximum absolute atomic E-state index is 12.0. The number of hydrogen-bond acceptors (Lipinski definition) is 3. The van der Waals surface area contributed by atoms with E-state index in [1.54, 1.807) is 0 Å². The van der Waals surface area contributed by atoms with Crippen molar-refractivity contribution in [1.29, 1.82) is 0 Å². The van der Waals surface area contributed by atoms with Crippen molar-refractivity contribution in [3.8, 4) is 0 Å². The molecule has 2 fully saturated rings. The first-order valence-corrected chi connectivity index (χ1v) is 6.83. The summed E-state index contributed by atoms with van der Waals surface area (Å²) in [5, 5.41) is 6.44. The number of likely N-dealkylation sites (N-methyl/N-ethyl adjacent to an activating group) is 1. The Balaban J connectivity index is 0.00000162. The molecule has 1 amide bonds. The normalized spacial score (nSPS) is 21.2. The van der Waals surface area contributed by atoms with Crippen LogP contribution in [-0.2, 0) is 4.79 Å². The molecule has 6 heteroatoms. The number of halogens is 2. The first kappa shape index (κ1) is 19.0. The molecule has 0 aromatic heterocycles. The molecule has 1 heterocycles. The van der Waals surface area contributed by atoms with E-state index in [0.717, 1.165) is 38.4 Å². The highest BCUT2D eigenvalue weighted by molar-refractivity contribution is 5.85. The second kappa shape index (κ2) is 9.01. The van der Waals surface area contributed by atoms with Crippen molar-refractivity contribution in [1.82, 2.24) is 15.5 Å². The molecule has 1 saturated heterocycles. The molecule has 0 aromatic carbocycles. The van der Waals surface area contributed by atoms with Gasteiger partial charge in [0.25, 0.3) is 0 Å². The van der Waals surface area contributed by atoms with Crippen LogP contribution < -0.4 is 10.6 Å². The minimum Gasteiger partial charge on any atom is -0.354 e. The summed E-state index contributed by atoms with van der Waals surface area (Å²) < 4.78 is 0. The molecule has 0 spiro atoms. The molecule has 4 nitrogen and oxygen atoms in total. The van der Waals surface area contributed by atoms with Crippen LogP contribution in [0.4, 0.5) is 0 Å². The fourth-order valence-electron chi connectivity index (χ4n) is 2.69. The number of rotatable bonds is 5. The zero-order valence-corrected chi connectivity index (χ0v) is 13.5. The summed E-state index contributed by atoms with van der Waals surface area (Å²) in [5.41, 5.74) is 0. The number of hydrogen-bond donors (Lipinski definition) is 2. The summed E-state index contributed by atoms with van der Waals surface area (Å²) in [6.07, 6.45) is 4.63. The van der Waals surface area contributed by atoms with Crippen LogP contribution in [-0.4, -0.2) is 50.6 Å². The van der Waals surface area contributed by atoms with Crippen molar-refractivity contribution in [2.45, 2.75) is 31.7 Å². The zero-order valence-electron chi connectivity index (χ0n) is 11.9. The van der Waals surface area contributed by atoms with Crippen molar-refractivity contribution in [3.05, 3.63) is 0 Å². The zero-order chi connectivity index (χ0) is 12.3. The Kier molecular flexibility index (Phi) is 8.99. The number of piperidine rings is 1. The number of carbonyl (C=O) groups is 1. The highest BCUT2D eigenvalue weighted by Gasteiger charge is 2.33. The predicted octanol–water partition coefficient (Wildman–Crippen LogP) is 1.29. The molecule has 2 rings (SSSR count). The van der Waals surface area contributed by atoms with Gasteiger partial charge in [0.05, 0.1) is 0 Å². The van der Waals surface area contributed by atoms with Gasteiger partial charge in [0, 0.05) is 18.5 Å². The van der Waals surface area contributed by atoms with Crippen LogP contribution in [0, 0.1) is 11.8 Å². The SMILES string of the molecule is CN(C)C(CNC(=O)C1CCNCC1)C1CC1.Cl.Cl. The van der Waals surface area contributed by atoms with Gasteiger partial charge in [0.2, 0.25) is 5.91 Å². The lowest BCUT2D eigenvalue weighted by atomic mass is 9.97. The quantitative estimate of drug-likeness (QED) is 0.804. The Morgan fingerprint density at radius 3 is 2.26 bits per heavy atom. The lowest BCUT2D eigenvalue weighted by molar-refractivity contribution is -0.126. The molecule has 0 aromatic rings. The van der Waals surface area contributed by atoms with Gasteiger partial charge in [-0.2, -0.15) is 0 Å². The van der Waals surface area contributed by atoms with Crippen LogP contribution in [0.25, 0.3) is 0 Å². The van der Waals surface area contributed by atoms with Crippen LogP contribution in [0.3, 0.4) is 0 Å². The van der Waals surface area contributed by atoms with E-state index < -0.39 is 0 Å². The van der Waals surface area contributed by atoms with Gasteiger partial charge in [-0.1, -0.05) is 0 Å². The molecule has 1 saturated carbocycles. The molecule has 2 N–H and O–H groups in total. The summed E-state index contributed by atoms with van der Waals surface area (Å²) >= 11 is 0. The van der Waals surface area contributed by atoms with Crippen molar-refractivity contribution in [3.63, 3.8) is 0 Å². The molecule has 0 radical (unpaired) electrons. The average molecular weight is 312 g/mol. The van der Waals surface area contributed by atoms with E-state index in [-0.39, 0.29) is 36.6 Å². The minimum absolute atomic E-state index is 0. The molecule has 114 valence electrons. The van der Waals surface area contributed by atoms with Gasteiger partial charge in [0.15, 0.2) is 0 Å². The number of carbonyl (C=O) groups excluding carboxylic acids is 1. The highest BCUT2D eigenvalue weighted by atomic mass is 35.5. The Hall–Kier alpha value is -0.0300. The summed E-state index contributed by atoms with van der Waals surface area (Å²) in [5.74, 6) is 1.30. The van der Waals surface area contributed by atoms with E-state index in [1.165, 1.54) is 12.8 Å². The topological polar surface area (TPSA) is 44.4 Å². The second-order valence-corrected chi connectivity index (χ2v) is 5.64. The van der Waals surface area contributed by atoms with Crippen LogP contribution in [0.1, 0.15) is 25.7 Å². The van der Waals surface area contributed by atoms with Gasteiger partial charge >= 0.3 is 0 Å². The van der Waals surface area contributed by atoms with Gasteiger partial charge in [0.1, 0.15) is 0 Å². The molecule has 1 aliphatic carbocycles. The largest absolute Gasteiger partial charge is 0.354 e.